The average Bonchev–Trinajstić information content (AvgIpc) is 3.42. The van der Waals surface area contributed by atoms with Crippen LogP contribution in [0.4, 0.5) is 5.69 Å². The zero-order valence-corrected chi connectivity index (χ0v) is 15.1. The third kappa shape index (κ3) is 3.89. The molecule has 0 spiro atoms. The molecule has 1 saturated carbocycles. The lowest BCUT2D eigenvalue weighted by molar-refractivity contribution is -0.135. The Bertz CT molecular complexity index is 661. The Morgan fingerprint density at radius 1 is 1.20 bits per heavy atom. The molecule has 6 nitrogen and oxygen atoms in total. The zero-order chi connectivity index (χ0) is 18.0. The molecule has 1 N–H and O–H groups in total. The number of methoxy groups -OCH3 is 2. The van der Waals surface area contributed by atoms with E-state index in [1.807, 2.05) is 4.90 Å². The molecule has 2 fully saturated rings. The van der Waals surface area contributed by atoms with Gasteiger partial charge in [0.25, 0.3) is 0 Å². The highest BCUT2D eigenvalue weighted by atomic mass is 16.5. The van der Waals surface area contributed by atoms with Crippen molar-refractivity contribution >= 4 is 17.5 Å². The molecule has 1 aromatic rings. The number of hydrogen-bond acceptors (Lipinski definition) is 4. The Morgan fingerprint density at radius 2 is 2.00 bits per heavy atom. The lowest BCUT2D eigenvalue weighted by atomic mass is 10.00. The maximum Gasteiger partial charge on any atom is 0.228 e. The van der Waals surface area contributed by atoms with E-state index in [0.717, 1.165) is 19.5 Å². The predicted molar refractivity (Wildman–Crippen MR) is 94.8 cm³/mol. The Kier molecular flexibility index (Phi) is 5.16. The van der Waals surface area contributed by atoms with Crippen LogP contribution in [0.25, 0.3) is 0 Å². The number of carbonyl (C=O) groups is 2. The minimum Gasteiger partial charge on any atom is -0.497 e. The summed E-state index contributed by atoms with van der Waals surface area (Å²) in [5, 5.41) is 2.88. The third-order valence-electron chi connectivity index (χ3n) is 5.08. The number of likely N-dealkylation sites (tertiary alicyclic amines) is 1. The van der Waals surface area contributed by atoms with Crippen molar-refractivity contribution in [2.75, 3.05) is 32.6 Å². The van der Waals surface area contributed by atoms with Gasteiger partial charge >= 0.3 is 0 Å². The van der Waals surface area contributed by atoms with E-state index in [9.17, 15) is 9.59 Å². The number of amides is 2. The van der Waals surface area contributed by atoms with Crippen LogP contribution in [0.1, 0.15) is 26.2 Å². The van der Waals surface area contributed by atoms with Crippen LogP contribution < -0.4 is 14.8 Å². The van der Waals surface area contributed by atoms with Gasteiger partial charge in [-0.1, -0.05) is 6.92 Å². The number of benzene rings is 1. The predicted octanol–water partition coefficient (Wildman–Crippen LogP) is 2.54. The van der Waals surface area contributed by atoms with Crippen LogP contribution in [0.2, 0.25) is 0 Å². The van der Waals surface area contributed by atoms with E-state index in [1.54, 1.807) is 32.4 Å². The van der Waals surface area contributed by atoms with Crippen LogP contribution in [0, 0.1) is 17.8 Å². The molecule has 136 valence electrons. The van der Waals surface area contributed by atoms with Gasteiger partial charge in [-0.2, -0.15) is 0 Å². The Morgan fingerprint density at radius 3 is 2.68 bits per heavy atom. The van der Waals surface area contributed by atoms with E-state index in [4.69, 9.17) is 9.47 Å². The van der Waals surface area contributed by atoms with E-state index >= 15 is 0 Å². The van der Waals surface area contributed by atoms with Crippen LogP contribution >= 0.6 is 0 Å². The fourth-order valence-corrected chi connectivity index (χ4v) is 3.51. The Labute approximate surface area is 148 Å². The Hall–Kier alpha value is -2.24. The highest BCUT2D eigenvalue weighted by Gasteiger charge is 2.49. The molecule has 2 aliphatic rings. The fourth-order valence-electron chi connectivity index (χ4n) is 3.51. The van der Waals surface area contributed by atoms with Crippen molar-refractivity contribution in [2.45, 2.75) is 26.2 Å². The summed E-state index contributed by atoms with van der Waals surface area (Å²) in [5.74, 6) is 1.35. The van der Waals surface area contributed by atoms with Crippen molar-refractivity contribution in [3.63, 3.8) is 0 Å². The summed E-state index contributed by atoms with van der Waals surface area (Å²) in [6.45, 7) is 3.81. The summed E-state index contributed by atoms with van der Waals surface area (Å²) in [4.78, 5) is 27.0. The molecule has 3 unspecified atom stereocenters. The fraction of sp³-hybridized carbons (Fsp3) is 0.579. The van der Waals surface area contributed by atoms with Crippen molar-refractivity contribution in [1.29, 1.82) is 0 Å². The molecule has 1 aliphatic carbocycles. The molecule has 1 aromatic carbocycles. The second kappa shape index (κ2) is 7.33. The van der Waals surface area contributed by atoms with E-state index in [-0.39, 0.29) is 23.7 Å². The summed E-state index contributed by atoms with van der Waals surface area (Å²) in [7, 11) is 3.13. The number of ether oxygens (including phenoxy) is 2. The quantitative estimate of drug-likeness (QED) is 0.890. The summed E-state index contributed by atoms with van der Waals surface area (Å²) in [6.07, 6.45) is 2.86. The molecular formula is C19H26N2O4. The van der Waals surface area contributed by atoms with Crippen molar-refractivity contribution in [3.8, 4) is 11.5 Å². The lowest BCUT2D eigenvalue weighted by Crippen LogP contribution is -2.40. The highest BCUT2D eigenvalue weighted by molar-refractivity contribution is 6.00. The molecule has 1 saturated heterocycles. The zero-order valence-electron chi connectivity index (χ0n) is 15.1. The van der Waals surface area contributed by atoms with Gasteiger partial charge in [-0.25, -0.2) is 0 Å². The first-order valence-corrected chi connectivity index (χ1v) is 8.85. The van der Waals surface area contributed by atoms with Crippen molar-refractivity contribution < 1.29 is 19.1 Å². The molecule has 3 atom stereocenters. The normalized spacial score (nSPS) is 25.2. The van der Waals surface area contributed by atoms with Gasteiger partial charge in [0.2, 0.25) is 11.8 Å². The van der Waals surface area contributed by atoms with Gasteiger partial charge < -0.3 is 19.7 Å². The summed E-state index contributed by atoms with van der Waals surface area (Å²) in [5.41, 5.74) is 0.595. The number of anilines is 1. The van der Waals surface area contributed by atoms with Crippen molar-refractivity contribution in [1.82, 2.24) is 4.90 Å². The average molecular weight is 346 g/mol. The molecule has 3 rings (SSSR count). The standard InChI is InChI=1S/C19H26N2O4/c1-12-5-4-8-21(11-12)19(23)15-10-14(15)18(22)20-16-7-6-13(24-2)9-17(16)25-3/h6-7,9,12,14-15H,4-5,8,10-11H2,1-3H3,(H,20,22). The first kappa shape index (κ1) is 17.6. The maximum absolute atomic E-state index is 12.6. The van der Waals surface area contributed by atoms with Gasteiger partial charge in [-0.3, -0.25) is 9.59 Å². The van der Waals surface area contributed by atoms with Crippen LogP contribution in [0.3, 0.4) is 0 Å². The highest BCUT2D eigenvalue weighted by Crippen LogP contribution is 2.42. The van der Waals surface area contributed by atoms with Crippen molar-refractivity contribution in [2.24, 2.45) is 17.8 Å². The minimum absolute atomic E-state index is 0.119. The molecule has 1 heterocycles. The molecule has 2 amide bonds. The molecule has 25 heavy (non-hydrogen) atoms. The van der Waals surface area contributed by atoms with Crippen LogP contribution in [0.15, 0.2) is 18.2 Å². The number of hydrogen-bond donors (Lipinski definition) is 1. The summed E-state index contributed by atoms with van der Waals surface area (Å²) < 4.78 is 10.5. The van der Waals surface area contributed by atoms with Gasteiger partial charge in [0.15, 0.2) is 0 Å². The van der Waals surface area contributed by atoms with Gasteiger partial charge in [-0.05, 0) is 37.3 Å². The number of nitrogens with one attached hydrogen (secondary N) is 1. The number of carbonyl (C=O) groups excluding carboxylic acids is 2. The number of piperidine rings is 1. The summed E-state index contributed by atoms with van der Waals surface area (Å²) in [6, 6.07) is 5.24. The number of nitrogens with zero attached hydrogens (tertiary/aromatic N) is 1. The maximum atomic E-state index is 12.6. The second-order valence-electron chi connectivity index (χ2n) is 7.04. The Balaban J connectivity index is 1.59. The van der Waals surface area contributed by atoms with Gasteiger partial charge in [0.05, 0.1) is 31.7 Å². The van der Waals surface area contributed by atoms with Gasteiger partial charge in [0, 0.05) is 19.2 Å². The van der Waals surface area contributed by atoms with Crippen LogP contribution in [-0.2, 0) is 9.59 Å². The minimum atomic E-state index is -0.239. The van der Waals surface area contributed by atoms with E-state index in [2.05, 4.69) is 12.2 Å². The topological polar surface area (TPSA) is 67.9 Å². The van der Waals surface area contributed by atoms with E-state index in [1.165, 1.54) is 6.42 Å². The molecule has 0 radical (unpaired) electrons. The first-order chi connectivity index (χ1) is 12.0. The molecule has 0 aromatic heterocycles. The smallest absolute Gasteiger partial charge is 0.228 e. The van der Waals surface area contributed by atoms with E-state index < -0.39 is 0 Å². The van der Waals surface area contributed by atoms with Crippen LogP contribution in [-0.4, -0.2) is 44.0 Å². The van der Waals surface area contributed by atoms with Gasteiger partial charge in [-0.15, -0.1) is 0 Å². The van der Waals surface area contributed by atoms with Crippen LogP contribution in [0.5, 0.6) is 11.5 Å². The second-order valence-corrected chi connectivity index (χ2v) is 7.04. The van der Waals surface area contributed by atoms with Gasteiger partial charge in [0.1, 0.15) is 11.5 Å². The molecule has 1 aliphatic heterocycles. The molecule has 6 heteroatoms. The SMILES string of the molecule is COc1ccc(NC(=O)C2CC2C(=O)N2CCCC(C)C2)c(OC)c1. The first-order valence-electron chi connectivity index (χ1n) is 8.85. The summed E-state index contributed by atoms with van der Waals surface area (Å²) >= 11 is 0. The lowest BCUT2D eigenvalue weighted by Gasteiger charge is -2.31. The molecular weight excluding hydrogens is 320 g/mol. The van der Waals surface area contributed by atoms with E-state index in [0.29, 0.717) is 29.5 Å². The molecule has 0 bridgehead atoms. The monoisotopic (exact) mass is 346 g/mol. The third-order valence-corrected chi connectivity index (χ3v) is 5.08. The van der Waals surface area contributed by atoms with Crippen molar-refractivity contribution in [3.05, 3.63) is 18.2 Å². The number of rotatable bonds is 5. The largest absolute Gasteiger partial charge is 0.497 e.